The Balaban J connectivity index is 2.36. The van der Waals surface area contributed by atoms with Gasteiger partial charge in [-0.25, -0.2) is 9.78 Å². The van der Waals surface area contributed by atoms with Crippen molar-refractivity contribution in [1.29, 1.82) is 0 Å². The van der Waals surface area contributed by atoms with E-state index in [0.29, 0.717) is 11.3 Å². The third-order valence-electron chi connectivity index (χ3n) is 2.35. The van der Waals surface area contributed by atoms with Crippen LogP contribution < -0.4 is 4.74 Å². The second kappa shape index (κ2) is 5.69. The number of carbonyl (C=O) groups is 1. The average Bonchev–Trinajstić information content (AvgIpc) is 2.38. The maximum atomic E-state index is 11.0. The van der Waals surface area contributed by atoms with E-state index in [1.165, 1.54) is 12.1 Å². The molecular formula is C13H10ClNO4. The molecule has 2 aromatic rings. The third kappa shape index (κ3) is 3.21. The minimum Gasteiger partial charge on any atom is -0.477 e. The molecule has 0 aliphatic rings. The van der Waals surface area contributed by atoms with Gasteiger partial charge in [-0.2, -0.15) is 0 Å². The van der Waals surface area contributed by atoms with Crippen LogP contribution in [0.25, 0.3) is 0 Å². The molecule has 6 heteroatoms. The molecule has 0 unspecified atom stereocenters. The first-order valence-electron chi connectivity index (χ1n) is 5.37. The number of hydrogen-bond acceptors (Lipinski definition) is 4. The second-order valence-electron chi connectivity index (χ2n) is 3.70. The van der Waals surface area contributed by atoms with E-state index < -0.39 is 5.97 Å². The lowest BCUT2D eigenvalue weighted by Crippen LogP contribution is -2.02. The van der Waals surface area contributed by atoms with E-state index in [9.17, 15) is 4.79 Å². The number of carboxylic acids is 1. The van der Waals surface area contributed by atoms with E-state index in [1.54, 1.807) is 24.3 Å². The van der Waals surface area contributed by atoms with Crippen LogP contribution in [0.2, 0.25) is 5.15 Å². The first-order chi connectivity index (χ1) is 9.10. The molecule has 1 aromatic heterocycles. The summed E-state index contributed by atoms with van der Waals surface area (Å²) in [6.07, 6.45) is 0. The zero-order chi connectivity index (χ0) is 13.8. The van der Waals surface area contributed by atoms with Crippen LogP contribution in [-0.2, 0) is 6.61 Å². The second-order valence-corrected chi connectivity index (χ2v) is 4.09. The number of benzene rings is 1. The zero-order valence-electron chi connectivity index (χ0n) is 9.71. The Morgan fingerprint density at radius 3 is 2.79 bits per heavy atom. The fourth-order valence-corrected chi connectivity index (χ4v) is 1.62. The Hall–Kier alpha value is -2.11. The summed E-state index contributed by atoms with van der Waals surface area (Å²) < 4.78 is 5.41. The molecule has 2 rings (SSSR count). The summed E-state index contributed by atoms with van der Waals surface area (Å²) in [4.78, 5) is 14.9. The molecule has 0 bridgehead atoms. The number of aliphatic hydroxyl groups excluding tert-OH is 1. The number of ether oxygens (including phenoxy) is 1. The molecule has 0 fully saturated rings. The van der Waals surface area contributed by atoms with Crippen LogP contribution in [0.1, 0.15) is 15.9 Å². The van der Waals surface area contributed by atoms with Crippen molar-refractivity contribution in [3.05, 3.63) is 52.7 Å². The number of aliphatic hydroxyl groups is 1. The molecule has 0 aliphatic carbocycles. The van der Waals surface area contributed by atoms with E-state index in [-0.39, 0.29) is 23.2 Å². The highest BCUT2D eigenvalue weighted by Gasteiger charge is 2.14. The molecule has 98 valence electrons. The normalized spacial score (nSPS) is 10.2. The van der Waals surface area contributed by atoms with Crippen molar-refractivity contribution in [3.8, 4) is 11.6 Å². The highest BCUT2D eigenvalue weighted by molar-refractivity contribution is 6.29. The van der Waals surface area contributed by atoms with Gasteiger partial charge in [-0.1, -0.05) is 23.7 Å². The van der Waals surface area contributed by atoms with Gasteiger partial charge in [-0.05, 0) is 29.8 Å². The van der Waals surface area contributed by atoms with Gasteiger partial charge in [-0.15, -0.1) is 0 Å². The van der Waals surface area contributed by atoms with Gasteiger partial charge in [0.15, 0.2) is 0 Å². The summed E-state index contributed by atoms with van der Waals surface area (Å²) in [5.41, 5.74) is 0.565. The molecule has 5 nitrogen and oxygen atoms in total. The van der Waals surface area contributed by atoms with Crippen LogP contribution in [-0.4, -0.2) is 21.2 Å². The highest BCUT2D eigenvalue weighted by atomic mass is 35.5. The number of carboxylic acid groups (broad SMARTS) is 1. The van der Waals surface area contributed by atoms with Crippen molar-refractivity contribution < 1.29 is 19.7 Å². The van der Waals surface area contributed by atoms with Gasteiger partial charge in [0.1, 0.15) is 16.5 Å². The molecule has 0 amide bonds. The van der Waals surface area contributed by atoms with Crippen molar-refractivity contribution in [2.75, 3.05) is 0 Å². The van der Waals surface area contributed by atoms with Crippen LogP contribution in [0.15, 0.2) is 36.4 Å². The molecule has 1 heterocycles. The van der Waals surface area contributed by atoms with E-state index >= 15 is 0 Å². The summed E-state index contributed by atoms with van der Waals surface area (Å²) in [6.45, 7) is -0.133. The number of rotatable bonds is 4. The van der Waals surface area contributed by atoms with Gasteiger partial charge in [-0.3, -0.25) is 0 Å². The Labute approximate surface area is 114 Å². The SMILES string of the molecule is O=C(O)c1ccc(Cl)nc1Oc1cccc(CO)c1. The van der Waals surface area contributed by atoms with Crippen molar-refractivity contribution in [1.82, 2.24) is 4.98 Å². The summed E-state index contributed by atoms with van der Waals surface area (Å²) in [6, 6.07) is 9.33. The molecule has 0 saturated carbocycles. The Morgan fingerprint density at radius 2 is 2.11 bits per heavy atom. The minimum absolute atomic E-state index is 0.0844. The lowest BCUT2D eigenvalue weighted by Gasteiger charge is -2.08. The van der Waals surface area contributed by atoms with E-state index in [4.69, 9.17) is 26.6 Å². The number of hydrogen-bond donors (Lipinski definition) is 2. The number of aromatic nitrogens is 1. The molecule has 19 heavy (non-hydrogen) atoms. The molecule has 0 aliphatic heterocycles. The fraction of sp³-hybridized carbons (Fsp3) is 0.0769. The van der Waals surface area contributed by atoms with Gasteiger partial charge in [0.2, 0.25) is 5.88 Å². The number of halogens is 1. The first kappa shape index (κ1) is 13.3. The van der Waals surface area contributed by atoms with Crippen LogP contribution in [0.3, 0.4) is 0 Å². The van der Waals surface area contributed by atoms with Gasteiger partial charge in [0.25, 0.3) is 0 Å². The van der Waals surface area contributed by atoms with Crippen LogP contribution in [0.5, 0.6) is 11.6 Å². The highest BCUT2D eigenvalue weighted by Crippen LogP contribution is 2.25. The summed E-state index contributed by atoms with van der Waals surface area (Å²) in [7, 11) is 0. The topological polar surface area (TPSA) is 79.7 Å². The number of nitrogens with zero attached hydrogens (tertiary/aromatic N) is 1. The van der Waals surface area contributed by atoms with Crippen molar-refractivity contribution in [3.63, 3.8) is 0 Å². The maximum absolute atomic E-state index is 11.0. The van der Waals surface area contributed by atoms with E-state index in [2.05, 4.69) is 4.98 Å². The van der Waals surface area contributed by atoms with Crippen molar-refractivity contribution in [2.24, 2.45) is 0 Å². The maximum Gasteiger partial charge on any atom is 0.341 e. The predicted molar refractivity (Wildman–Crippen MR) is 68.6 cm³/mol. The van der Waals surface area contributed by atoms with Crippen LogP contribution in [0, 0.1) is 0 Å². The smallest absolute Gasteiger partial charge is 0.341 e. The molecule has 0 spiro atoms. The first-order valence-corrected chi connectivity index (χ1v) is 5.75. The standard InChI is InChI=1S/C13H10ClNO4/c14-11-5-4-10(13(17)18)12(15-11)19-9-3-1-2-8(6-9)7-16/h1-6,16H,7H2,(H,17,18). The van der Waals surface area contributed by atoms with Gasteiger partial charge in [0.05, 0.1) is 6.61 Å². The monoisotopic (exact) mass is 279 g/mol. The Morgan fingerprint density at radius 1 is 1.32 bits per heavy atom. The predicted octanol–water partition coefficient (Wildman–Crippen LogP) is 2.72. The lowest BCUT2D eigenvalue weighted by molar-refractivity contribution is 0.0693. The largest absolute Gasteiger partial charge is 0.477 e. The van der Waals surface area contributed by atoms with Crippen LogP contribution >= 0.6 is 11.6 Å². The Bertz CT molecular complexity index is 615. The molecule has 0 radical (unpaired) electrons. The summed E-state index contributed by atoms with van der Waals surface area (Å²) in [5, 5.41) is 18.2. The van der Waals surface area contributed by atoms with Gasteiger partial charge >= 0.3 is 5.97 Å². The van der Waals surface area contributed by atoms with Gasteiger partial charge in [0, 0.05) is 0 Å². The molecule has 0 atom stereocenters. The summed E-state index contributed by atoms with van der Waals surface area (Å²) >= 11 is 5.72. The quantitative estimate of drug-likeness (QED) is 0.841. The third-order valence-corrected chi connectivity index (χ3v) is 2.56. The van der Waals surface area contributed by atoms with Crippen molar-refractivity contribution in [2.45, 2.75) is 6.61 Å². The lowest BCUT2D eigenvalue weighted by atomic mass is 10.2. The minimum atomic E-state index is -1.16. The van der Waals surface area contributed by atoms with Crippen molar-refractivity contribution >= 4 is 17.6 Å². The van der Waals surface area contributed by atoms with Crippen LogP contribution in [0.4, 0.5) is 0 Å². The summed E-state index contributed by atoms with van der Waals surface area (Å²) in [5.74, 6) is -0.864. The zero-order valence-corrected chi connectivity index (χ0v) is 10.5. The molecular weight excluding hydrogens is 270 g/mol. The number of aromatic carboxylic acids is 1. The average molecular weight is 280 g/mol. The molecule has 0 saturated heterocycles. The van der Waals surface area contributed by atoms with E-state index in [1.807, 2.05) is 0 Å². The van der Waals surface area contributed by atoms with E-state index in [0.717, 1.165) is 0 Å². The number of pyridine rings is 1. The molecule has 1 aromatic carbocycles. The Kier molecular flexibility index (Phi) is 3.99. The fourth-order valence-electron chi connectivity index (χ4n) is 1.48. The van der Waals surface area contributed by atoms with Gasteiger partial charge < -0.3 is 14.9 Å². The molecule has 2 N–H and O–H groups in total.